The maximum atomic E-state index is 12.2. The third kappa shape index (κ3) is 2.54. The second kappa shape index (κ2) is 5.34. The highest BCUT2D eigenvalue weighted by Gasteiger charge is 2.27. The summed E-state index contributed by atoms with van der Waals surface area (Å²) in [4.78, 5) is 12.2. The summed E-state index contributed by atoms with van der Waals surface area (Å²) in [6.07, 6.45) is 0.158. The minimum Gasteiger partial charge on any atom is -0.484 e. The van der Waals surface area contributed by atoms with E-state index < -0.39 is 0 Å². The van der Waals surface area contributed by atoms with Gasteiger partial charge in [0.15, 0.2) is 5.78 Å². The van der Waals surface area contributed by atoms with E-state index in [1.807, 2.05) is 43.3 Å². The first-order valence-electron chi connectivity index (χ1n) is 6.30. The molecule has 0 fully saturated rings. The fraction of sp³-hybridized carbons (Fsp3) is 0.188. The SMILES string of the molecule is Cc1ccc(C2CC(=O)c3ccc(Br)cc3O2)cc1Br. The number of rotatable bonds is 1. The van der Waals surface area contributed by atoms with E-state index >= 15 is 0 Å². The molecule has 0 spiro atoms. The Morgan fingerprint density at radius 3 is 2.70 bits per heavy atom. The van der Waals surface area contributed by atoms with Crippen LogP contribution in [0.25, 0.3) is 0 Å². The Bertz CT molecular complexity index is 695. The Morgan fingerprint density at radius 1 is 1.15 bits per heavy atom. The quantitative estimate of drug-likeness (QED) is 0.661. The van der Waals surface area contributed by atoms with Gasteiger partial charge in [-0.25, -0.2) is 0 Å². The van der Waals surface area contributed by atoms with Crippen molar-refractivity contribution in [3.63, 3.8) is 0 Å². The second-order valence-corrected chi connectivity index (χ2v) is 6.65. The molecule has 1 atom stereocenters. The zero-order valence-corrected chi connectivity index (χ0v) is 14.0. The number of ketones is 1. The number of Topliss-reactive ketones (excluding diaryl/α,β-unsaturated/α-hetero) is 1. The molecule has 0 radical (unpaired) electrons. The maximum Gasteiger partial charge on any atom is 0.170 e. The lowest BCUT2D eigenvalue weighted by Gasteiger charge is -2.26. The molecule has 0 N–H and O–H groups in total. The summed E-state index contributed by atoms with van der Waals surface area (Å²) in [7, 11) is 0. The highest BCUT2D eigenvalue weighted by atomic mass is 79.9. The molecule has 0 amide bonds. The summed E-state index contributed by atoms with van der Waals surface area (Å²) < 4.78 is 7.94. The molecule has 2 nitrogen and oxygen atoms in total. The molecule has 0 saturated heterocycles. The first-order chi connectivity index (χ1) is 9.54. The minimum atomic E-state index is -0.221. The van der Waals surface area contributed by atoms with Crippen LogP contribution >= 0.6 is 31.9 Å². The molecule has 2 aromatic carbocycles. The van der Waals surface area contributed by atoms with Crippen molar-refractivity contribution in [2.45, 2.75) is 19.4 Å². The van der Waals surface area contributed by atoms with Gasteiger partial charge in [-0.15, -0.1) is 0 Å². The van der Waals surface area contributed by atoms with Crippen LogP contribution in [-0.4, -0.2) is 5.78 Å². The van der Waals surface area contributed by atoms with Gasteiger partial charge in [-0.2, -0.15) is 0 Å². The lowest BCUT2D eigenvalue weighted by molar-refractivity contribution is 0.0850. The van der Waals surface area contributed by atoms with Gasteiger partial charge >= 0.3 is 0 Å². The maximum absolute atomic E-state index is 12.2. The van der Waals surface area contributed by atoms with E-state index in [1.165, 1.54) is 5.56 Å². The second-order valence-electron chi connectivity index (χ2n) is 4.88. The number of benzene rings is 2. The van der Waals surface area contributed by atoms with Crippen LogP contribution in [0.3, 0.4) is 0 Å². The Hall–Kier alpha value is -1.13. The highest BCUT2D eigenvalue weighted by molar-refractivity contribution is 9.10. The molecule has 1 unspecified atom stereocenters. The van der Waals surface area contributed by atoms with Crippen LogP contribution in [0.5, 0.6) is 5.75 Å². The van der Waals surface area contributed by atoms with Crippen molar-refractivity contribution in [1.82, 2.24) is 0 Å². The van der Waals surface area contributed by atoms with E-state index in [0.717, 1.165) is 14.5 Å². The summed E-state index contributed by atoms with van der Waals surface area (Å²) in [5.74, 6) is 0.776. The van der Waals surface area contributed by atoms with Gasteiger partial charge in [0.05, 0.1) is 12.0 Å². The molecule has 3 rings (SSSR count). The van der Waals surface area contributed by atoms with Gasteiger partial charge in [0.1, 0.15) is 11.9 Å². The predicted molar refractivity (Wildman–Crippen MR) is 85.3 cm³/mol. The molecule has 1 heterocycles. The number of ether oxygens (including phenoxy) is 1. The number of hydrogen-bond acceptors (Lipinski definition) is 2. The molecular formula is C16H12Br2O2. The van der Waals surface area contributed by atoms with Crippen molar-refractivity contribution >= 4 is 37.6 Å². The van der Waals surface area contributed by atoms with Crippen molar-refractivity contribution in [3.05, 3.63) is 62.0 Å². The number of fused-ring (bicyclic) bond motifs is 1. The number of carbonyl (C=O) groups excluding carboxylic acids is 1. The normalized spacial score (nSPS) is 17.6. The van der Waals surface area contributed by atoms with Gasteiger partial charge in [-0.3, -0.25) is 4.79 Å². The Morgan fingerprint density at radius 2 is 1.95 bits per heavy atom. The van der Waals surface area contributed by atoms with E-state index in [9.17, 15) is 4.79 Å². The first kappa shape index (κ1) is 13.8. The van der Waals surface area contributed by atoms with Crippen LogP contribution in [-0.2, 0) is 0 Å². The van der Waals surface area contributed by atoms with Crippen molar-refractivity contribution in [2.24, 2.45) is 0 Å². The molecule has 1 aliphatic rings. The summed E-state index contributed by atoms with van der Waals surface area (Å²) in [6, 6.07) is 11.6. The topological polar surface area (TPSA) is 26.3 Å². The molecule has 0 aromatic heterocycles. The standard InChI is InChI=1S/C16H12Br2O2/c1-9-2-3-10(6-13(9)18)15-8-14(19)12-5-4-11(17)7-16(12)20-15/h2-7,15H,8H2,1H3. The van der Waals surface area contributed by atoms with Gasteiger partial charge in [-0.05, 0) is 42.3 Å². The van der Waals surface area contributed by atoms with Gasteiger partial charge in [0.25, 0.3) is 0 Å². The third-order valence-electron chi connectivity index (χ3n) is 3.45. The van der Waals surface area contributed by atoms with Gasteiger partial charge < -0.3 is 4.74 Å². The van der Waals surface area contributed by atoms with Crippen molar-refractivity contribution in [2.75, 3.05) is 0 Å². The summed E-state index contributed by atoms with van der Waals surface area (Å²) in [5, 5.41) is 0. The summed E-state index contributed by atoms with van der Waals surface area (Å²) in [5.41, 5.74) is 2.84. The summed E-state index contributed by atoms with van der Waals surface area (Å²) >= 11 is 6.93. The van der Waals surface area contributed by atoms with Crippen LogP contribution in [0.4, 0.5) is 0 Å². The lowest BCUT2D eigenvalue weighted by atomic mass is 9.96. The largest absolute Gasteiger partial charge is 0.484 e. The summed E-state index contributed by atoms with van der Waals surface area (Å²) in [6.45, 7) is 2.03. The third-order valence-corrected chi connectivity index (χ3v) is 4.80. The Balaban J connectivity index is 1.98. The minimum absolute atomic E-state index is 0.125. The molecule has 0 aliphatic carbocycles. The fourth-order valence-electron chi connectivity index (χ4n) is 2.29. The molecule has 4 heteroatoms. The number of aryl methyl sites for hydroxylation is 1. The lowest BCUT2D eigenvalue weighted by Crippen LogP contribution is -2.20. The fourth-order valence-corrected chi connectivity index (χ4v) is 3.03. The molecule has 2 aromatic rings. The van der Waals surface area contributed by atoms with E-state index in [-0.39, 0.29) is 11.9 Å². The van der Waals surface area contributed by atoms with Crippen molar-refractivity contribution < 1.29 is 9.53 Å². The average molecular weight is 396 g/mol. The smallest absolute Gasteiger partial charge is 0.170 e. The van der Waals surface area contributed by atoms with Gasteiger partial charge in [0.2, 0.25) is 0 Å². The zero-order chi connectivity index (χ0) is 14.3. The van der Waals surface area contributed by atoms with Crippen LogP contribution < -0.4 is 4.74 Å². The zero-order valence-electron chi connectivity index (χ0n) is 10.8. The van der Waals surface area contributed by atoms with E-state index in [1.54, 1.807) is 0 Å². The monoisotopic (exact) mass is 394 g/mol. The number of halogens is 2. The molecule has 102 valence electrons. The number of hydrogen-bond donors (Lipinski definition) is 0. The molecule has 20 heavy (non-hydrogen) atoms. The van der Waals surface area contributed by atoms with Crippen molar-refractivity contribution in [1.29, 1.82) is 0 Å². The molecular weight excluding hydrogens is 384 g/mol. The van der Waals surface area contributed by atoms with Crippen molar-refractivity contribution in [3.8, 4) is 5.75 Å². The van der Waals surface area contributed by atoms with Crippen LogP contribution in [0.2, 0.25) is 0 Å². The van der Waals surface area contributed by atoms with Crippen LogP contribution in [0, 0.1) is 6.92 Å². The van der Waals surface area contributed by atoms with E-state index in [0.29, 0.717) is 17.7 Å². The first-order valence-corrected chi connectivity index (χ1v) is 7.88. The van der Waals surface area contributed by atoms with E-state index in [4.69, 9.17) is 4.74 Å². The van der Waals surface area contributed by atoms with Crippen LogP contribution in [0.15, 0.2) is 45.3 Å². The molecule has 1 aliphatic heterocycles. The van der Waals surface area contributed by atoms with Gasteiger partial charge in [-0.1, -0.05) is 44.0 Å². The van der Waals surface area contributed by atoms with Crippen LogP contribution in [0.1, 0.15) is 34.0 Å². The number of carbonyl (C=O) groups is 1. The molecule has 0 bridgehead atoms. The predicted octanol–water partition coefficient (Wildman–Crippen LogP) is 5.23. The Kier molecular flexibility index (Phi) is 3.69. The Labute approximate surface area is 134 Å². The molecule has 0 saturated carbocycles. The van der Waals surface area contributed by atoms with Gasteiger partial charge in [0, 0.05) is 8.95 Å². The van der Waals surface area contributed by atoms with E-state index in [2.05, 4.69) is 31.9 Å². The average Bonchev–Trinajstić information content (AvgIpc) is 2.41. The highest BCUT2D eigenvalue weighted by Crippen LogP contribution is 2.37.